The largest absolute Gasteiger partial charge is 0.493 e. The van der Waals surface area contributed by atoms with Crippen LogP contribution in [0.3, 0.4) is 0 Å². The van der Waals surface area contributed by atoms with E-state index in [-0.39, 0.29) is 5.75 Å². The lowest BCUT2D eigenvalue weighted by Crippen LogP contribution is -2.01. The van der Waals surface area contributed by atoms with Crippen LogP contribution in [0.5, 0.6) is 5.75 Å². The van der Waals surface area contributed by atoms with E-state index in [2.05, 4.69) is 0 Å². The van der Waals surface area contributed by atoms with Crippen LogP contribution in [-0.2, 0) is 9.05 Å². The fraction of sp³-hybridized carbons (Fsp3) is 0.500. The van der Waals surface area contributed by atoms with Crippen molar-refractivity contribution < 1.29 is 13.2 Å². The van der Waals surface area contributed by atoms with Crippen molar-refractivity contribution in [1.29, 1.82) is 0 Å². The molecule has 0 amide bonds. The Balaban J connectivity index is 2.15. The predicted molar refractivity (Wildman–Crippen MR) is 70.2 cm³/mol. The molecule has 0 radical (unpaired) electrons. The Hall–Kier alpha value is -0.740. The molecule has 3 nitrogen and oxygen atoms in total. The highest BCUT2D eigenvalue weighted by Crippen LogP contribution is 2.16. The van der Waals surface area contributed by atoms with Gasteiger partial charge in [-0.3, -0.25) is 0 Å². The average molecular weight is 277 g/mol. The Bertz CT molecular complexity index is 443. The number of aryl methyl sites for hydroxylation is 1. The summed E-state index contributed by atoms with van der Waals surface area (Å²) in [5.41, 5.74) is 1.11. The van der Waals surface area contributed by atoms with Crippen LogP contribution in [0.2, 0.25) is 0 Å². The molecule has 0 atom stereocenters. The number of para-hydroxylation sites is 1. The van der Waals surface area contributed by atoms with Crippen molar-refractivity contribution >= 4 is 19.7 Å². The molecular weight excluding hydrogens is 260 g/mol. The molecule has 0 saturated heterocycles. The van der Waals surface area contributed by atoms with Gasteiger partial charge in [0, 0.05) is 10.7 Å². The molecule has 1 aromatic rings. The van der Waals surface area contributed by atoms with Crippen LogP contribution in [0.15, 0.2) is 24.3 Å². The number of unbranched alkanes of at least 4 members (excludes halogenated alkanes) is 2. The minimum atomic E-state index is -3.34. The van der Waals surface area contributed by atoms with E-state index in [1.807, 2.05) is 31.2 Å². The van der Waals surface area contributed by atoms with E-state index in [1.165, 1.54) is 0 Å². The monoisotopic (exact) mass is 276 g/mol. The Morgan fingerprint density at radius 2 is 1.88 bits per heavy atom. The molecule has 0 aliphatic heterocycles. The third-order valence-electron chi connectivity index (χ3n) is 2.38. The van der Waals surface area contributed by atoms with Gasteiger partial charge in [0.05, 0.1) is 12.4 Å². The molecule has 96 valence electrons. The zero-order valence-corrected chi connectivity index (χ0v) is 11.4. The summed E-state index contributed by atoms with van der Waals surface area (Å²) in [7, 11) is 1.76. The lowest BCUT2D eigenvalue weighted by molar-refractivity contribution is 0.304. The zero-order chi connectivity index (χ0) is 12.7. The predicted octanol–water partition coefficient (Wildman–Crippen LogP) is 3.11. The SMILES string of the molecule is Cc1ccccc1OCCCCCS(=O)(=O)Cl. The minimum absolute atomic E-state index is 0.0406. The van der Waals surface area contributed by atoms with Gasteiger partial charge in [0.25, 0.3) is 0 Å². The second kappa shape index (κ2) is 6.87. The van der Waals surface area contributed by atoms with Gasteiger partial charge in [-0.2, -0.15) is 0 Å². The topological polar surface area (TPSA) is 43.4 Å². The summed E-state index contributed by atoms with van der Waals surface area (Å²) in [5.74, 6) is 0.927. The summed E-state index contributed by atoms with van der Waals surface area (Å²) in [6, 6.07) is 7.82. The van der Waals surface area contributed by atoms with Crippen molar-refractivity contribution in [2.45, 2.75) is 26.2 Å². The molecule has 0 fully saturated rings. The maximum Gasteiger partial charge on any atom is 0.232 e. The molecule has 17 heavy (non-hydrogen) atoms. The first-order valence-corrected chi connectivity index (χ1v) is 8.07. The van der Waals surface area contributed by atoms with E-state index >= 15 is 0 Å². The van der Waals surface area contributed by atoms with Crippen molar-refractivity contribution in [2.24, 2.45) is 0 Å². The van der Waals surface area contributed by atoms with Gasteiger partial charge in [0.2, 0.25) is 9.05 Å². The van der Waals surface area contributed by atoms with Crippen molar-refractivity contribution in [3.63, 3.8) is 0 Å². The summed E-state index contributed by atoms with van der Waals surface area (Å²) in [4.78, 5) is 0. The van der Waals surface area contributed by atoms with Crippen molar-refractivity contribution in [3.05, 3.63) is 29.8 Å². The first-order valence-electron chi connectivity index (χ1n) is 5.60. The van der Waals surface area contributed by atoms with Crippen LogP contribution < -0.4 is 4.74 Å². The van der Waals surface area contributed by atoms with E-state index < -0.39 is 9.05 Å². The summed E-state index contributed by atoms with van der Waals surface area (Å²) in [6.07, 6.45) is 2.22. The molecule has 0 N–H and O–H groups in total. The number of halogens is 1. The fourth-order valence-corrected chi connectivity index (χ4v) is 2.33. The van der Waals surface area contributed by atoms with E-state index in [4.69, 9.17) is 15.4 Å². The molecule has 0 saturated carbocycles. The van der Waals surface area contributed by atoms with Crippen molar-refractivity contribution in [2.75, 3.05) is 12.4 Å². The highest BCUT2D eigenvalue weighted by molar-refractivity contribution is 8.13. The summed E-state index contributed by atoms with van der Waals surface area (Å²) in [5, 5.41) is 0. The van der Waals surface area contributed by atoms with E-state index in [0.29, 0.717) is 13.0 Å². The molecule has 0 unspecified atom stereocenters. The van der Waals surface area contributed by atoms with Crippen LogP contribution in [0.1, 0.15) is 24.8 Å². The van der Waals surface area contributed by atoms with Gasteiger partial charge in [0.1, 0.15) is 5.75 Å². The third kappa shape index (κ3) is 6.54. The molecular formula is C12H17ClO3S. The van der Waals surface area contributed by atoms with Crippen LogP contribution in [0, 0.1) is 6.92 Å². The normalized spacial score (nSPS) is 11.4. The molecule has 0 bridgehead atoms. The third-order valence-corrected chi connectivity index (χ3v) is 3.62. The highest BCUT2D eigenvalue weighted by atomic mass is 35.7. The second-order valence-corrected chi connectivity index (χ2v) is 6.81. The quantitative estimate of drug-likeness (QED) is 0.568. The Morgan fingerprint density at radius 3 is 2.53 bits per heavy atom. The smallest absolute Gasteiger partial charge is 0.232 e. The molecule has 0 aliphatic carbocycles. The number of ether oxygens (including phenoxy) is 1. The van der Waals surface area contributed by atoms with Crippen LogP contribution in [0.4, 0.5) is 0 Å². The van der Waals surface area contributed by atoms with Crippen molar-refractivity contribution in [1.82, 2.24) is 0 Å². The standard InChI is InChI=1S/C12H17ClO3S/c1-11-7-3-4-8-12(11)16-9-5-2-6-10-17(13,14)15/h3-4,7-8H,2,5-6,9-10H2,1H3. The lowest BCUT2D eigenvalue weighted by Gasteiger charge is -2.08. The van der Waals surface area contributed by atoms with Crippen LogP contribution in [0.25, 0.3) is 0 Å². The number of rotatable bonds is 7. The summed E-state index contributed by atoms with van der Waals surface area (Å²) < 4.78 is 26.9. The van der Waals surface area contributed by atoms with Gasteiger partial charge in [-0.05, 0) is 37.8 Å². The maximum atomic E-state index is 10.7. The van der Waals surface area contributed by atoms with E-state index in [9.17, 15) is 8.42 Å². The number of hydrogen-bond acceptors (Lipinski definition) is 3. The van der Waals surface area contributed by atoms with Crippen molar-refractivity contribution in [3.8, 4) is 5.75 Å². The summed E-state index contributed by atoms with van der Waals surface area (Å²) >= 11 is 0. The molecule has 0 spiro atoms. The second-order valence-electron chi connectivity index (χ2n) is 3.92. The van der Waals surface area contributed by atoms with Gasteiger partial charge in [0.15, 0.2) is 0 Å². The fourth-order valence-electron chi connectivity index (χ4n) is 1.45. The minimum Gasteiger partial charge on any atom is -0.493 e. The van der Waals surface area contributed by atoms with Gasteiger partial charge in [-0.15, -0.1) is 0 Å². The molecule has 0 aromatic heterocycles. The van der Waals surface area contributed by atoms with Gasteiger partial charge in [-0.1, -0.05) is 18.2 Å². The number of hydrogen-bond donors (Lipinski definition) is 0. The zero-order valence-electron chi connectivity index (χ0n) is 9.86. The maximum absolute atomic E-state index is 10.7. The molecule has 1 aromatic carbocycles. The average Bonchev–Trinajstić information content (AvgIpc) is 2.24. The Labute approximate surface area is 107 Å². The van der Waals surface area contributed by atoms with Gasteiger partial charge < -0.3 is 4.74 Å². The van der Waals surface area contributed by atoms with E-state index in [0.717, 1.165) is 24.2 Å². The first kappa shape index (κ1) is 14.3. The van der Waals surface area contributed by atoms with Gasteiger partial charge >= 0.3 is 0 Å². The highest BCUT2D eigenvalue weighted by Gasteiger charge is 2.04. The number of benzene rings is 1. The Morgan fingerprint density at radius 1 is 1.18 bits per heavy atom. The molecule has 5 heteroatoms. The summed E-state index contributed by atoms with van der Waals surface area (Å²) in [6.45, 7) is 2.60. The van der Waals surface area contributed by atoms with Crippen LogP contribution in [-0.4, -0.2) is 20.8 Å². The van der Waals surface area contributed by atoms with Crippen LogP contribution >= 0.6 is 10.7 Å². The lowest BCUT2D eigenvalue weighted by atomic mass is 10.2. The molecule has 0 heterocycles. The van der Waals surface area contributed by atoms with E-state index in [1.54, 1.807) is 0 Å². The first-order chi connectivity index (χ1) is 7.99. The Kier molecular flexibility index (Phi) is 5.78. The molecule has 0 aliphatic rings. The molecule has 1 rings (SSSR count). The van der Waals surface area contributed by atoms with Gasteiger partial charge in [-0.25, -0.2) is 8.42 Å².